The van der Waals surface area contributed by atoms with Crippen molar-refractivity contribution in [2.75, 3.05) is 20.3 Å². The molecule has 0 saturated heterocycles. The number of hydrogen-bond acceptors (Lipinski definition) is 5. The number of ether oxygens (including phenoxy) is 2. The summed E-state index contributed by atoms with van der Waals surface area (Å²) in [6.07, 6.45) is 0. The van der Waals surface area contributed by atoms with Gasteiger partial charge in [0.15, 0.2) is 0 Å². The van der Waals surface area contributed by atoms with Crippen LogP contribution in [0.15, 0.2) is 17.0 Å². The third-order valence-corrected chi connectivity index (χ3v) is 4.16. The summed E-state index contributed by atoms with van der Waals surface area (Å²) in [6, 6.07) is 2.06. The van der Waals surface area contributed by atoms with E-state index in [1.54, 1.807) is 0 Å². The van der Waals surface area contributed by atoms with Gasteiger partial charge in [-0.25, -0.2) is 13.2 Å². The van der Waals surface area contributed by atoms with E-state index < -0.39 is 15.0 Å². The van der Waals surface area contributed by atoms with Gasteiger partial charge in [0.1, 0.15) is 6.61 Å². The molecule has 0 spiro atoms. The SMILES string of the molecule is COCCOC(=O)c1cc(S(=O)(=O)Cl)cc(Cl)c1Cl. The molecule has 1 aromatic rings. The molecule has 0 aliphatic carbocycles. The Balaban J connectivity index is 3.13. The molecule has 9 heteroatoms. The maximum absolute atomic E-state index is 11.7. The molecule has 106 valence electrons. The Bertz CT molecular complexity index is 585. The quantitative estimate of drug-likeness (QED) is 0.465. The molecule has 0 aromatic heterocycles. The lowest BCUT2D eigenvalue weighted by Crippen LogP contribution is -2.11. The summed E-state index contributed by atoms with van der Waals surface area (Å²) < 4.78 is 32.0. The van der Waals surface area contributed by atoms with Crippen molar-refractivity contribution in [1.29, 1.82) is 0 Å². The number of rotatable bonds is 5. The van der Waals surface area contributed by atoms with Crippen molar-refractivity contribution in [3.63, 3.8) is 0 Å². The van der Waals surface area contributed by atoms with E-state index in [0.29, 0.717) is 0 Å². The van der Waals surface area contributed by atoms with Gasteiger partial charge in [0.2, 0.25) is 0 Å². The van der Waals surface area contributed by atoms with Crippen LogP contribution in [0.4, 0.5) is 0 Å². The Hall–Kier alpha value is -0.530. The Labute approximate surface area is 124 Å². The minimum absolute atomic E-state index is 0.00112. The monoisotopic (exact) mass is 346 g/mol. The van der Waals surface area contributed by atoms with Gasteiger partial charge in [0, 0.05) is 17.8 Å². The first-order chi connectivity index (χ1) is 8.77. The molecule has 0 amide bonds. The zero-order valence-corrected chi connectivity index (χ0v) is 12.7. The molecule has 0 fully saturated rings. The standard InChI is InChI=1S/C10H9Cl3O5S/c1-17-2-3-18-10(14)7-4-6(19(13,15)16)5-8(11)9(7)12/h4-5H,2-3H2,1H3. The van der Waals surface area contributed by atoms with Crippen LogP contribution in [-0.4, -0.2) is 34.7 Å². The molecule has 0 aliphatic heterocycles. The highest BCUT2D eigenvalue weighted by atomic mass is 35.7. The number of hydrogen-bond donors (Lipinski definition) is 0. The molecule has 0 saturated carbocycles. The van der Waals surface area contributed by atoms with Gasteiger partial charge >= 0.3 is 5.97 Å². The van der Waals surface area contributed by atoms with E-state index in [1.165, 1.54) is 7.11 Å². The zero-order valence-electron chi connectivity index (χ0n) is 9.65. The molecule has 0 radical (unpaired) electrons. The highest BCUT2D eigenvalue weighted by molar-refractivity contribution is 8.13. The van der Waals surface area contributed by atoms with Crippen molar-refractivity contribution < 1.29 is 22.7 Å². The third-order valence-electron chi connectivity index (χ3n) is 2.02. The molecular weight excluding hydrogens is 339 g/mol. The molecule has 0 N–H and O–H groups in total. The van der Waals surface area contributed by atoms with E-state index in [0.717, 1.165) is 12.1 Å². The topological polar surface area (TPSA) is 69.7 Å². The first-order valence-electron chi connectivity index (χ1n) is 4.87. The molecule has 0 aliphatic rings. The first-order valence-corrected chi connectivity index (χ1v) is 7.93. The Morgan fingerprint density at radius 1 is 1.26 bits per heavy atom. The second kappa shape index (κ2) is 6.76. The molecule has 0 unspecified atom stereocenters. The highest BCUT2D eigenvalue weighted by Gasteiger charge is 2.20. The van der Waals surface area contributed by atoms with Crippen LogP contribution in [0, 0.1) is 0 Å². The summed E-state index contributed by atoms with van der Waals surface area (Å²) in [7, 11) is 2.60. The lowest BCUT2D eigenvalue weighted by atomic mass is 10.2. The van der Waals surface area contributed by atoms with Crippen molar-refractivity contribution in [2.24, 2.45) is 0 Å². The number of carbonyl (C=O) groups is 1. The Morgan fingerprint density at radius 3 is 2.42 bits per heavy atom. The van der Waals surface area contributed by atoms with Gasteiger partial charge in [0.25, 0.3) is 9.05 Å². The van der Waals surface area contributed by atoms with Crippen LogP contribution in [0.25, 0.3) is 0 Å². The average Bonchev–Trinajstić information content (AvgIpc) is 2.31. The number of benzene rings is 1. The summed E-state index contributed by atoms with van der Waals surface area (Å²) in [4.78, 5) is 11.4. The molecule has 1 aromatic carbocycles. The molecule has 0 atom stereocenters. The number of carbonyl (C=O) groups excluding carboxylic acids is 1. The van der Waals surface area contributed by atoms with E-state index in [-0.39, 0.29) is 33.7 Å². The van der Waals surface area contributed by atoms with E-state index in [9.17, 15) is 13.2 Å². The zero-order chi connectivity index (χ0) is 14.6. The van der Waals surface area contributed by atoms with Gasteiger partial charge in [-0.05, 0) is 12.1 Å². The van der Waals surface area contributed by atoms with Gasteiger partial charge in [-0.15, -0.1) is 0 Å². The van der Waals surface area contributed by atoms with Crippen LogP contribution in [0.3, 0.4) is 0 Å². The second-order valence-electron chi connectivity index (χ2n) is 3.33. The number of esters is 1. The van der Waals surface area contributed by atoms with Gasteiger partial charge in [-0.2, -0.15) is 0 Å². The van der Waals surface area contributed by atoms with Gasteiger partial charge in [0.05, 0.1) is 27.1 Å². The van der Waals surface area contributed by atoms with Crippen LogP contribution in [-0.2, 0) is 18.5 Å². The maximum atomic E-state index is 11.7. The lowest BCUT2D eigenvalue weighted by Gasteiger charge is -2.08. The molecular formula is C10H9Cl3O5S. The van der Waals surface area contributed by atoms with Crippen LogP contribution in [0.5, 0.6) is 0 Å². The van der Waals surface area contributed by atoms with Crippen molar-refractivity contribution in [1.82, 2.24) is 0 Å². The fourth-order valence-electron chi connectivity index (χ4n) is 1.15. The largest absolute Gasteiger partial charge is 0.460 e. The van der Waals surface area contributed by atoms with Gasteiger partial charge < -0.3 is 9.47 Å². The van der Waals surface area contributed by atoms with Gasteiger partial charge in [-0.1, -0.05) is 23.2 Å². The minimum atomic E-state index is -4.03. The maximum Gasteiger partial charge on any atom is 0.339 e. The summed E-state index contributed by atoms with van der Waals surface area (Å²) in [6.45, 7) is 0.200. The van der Waals surface area contributed by atoms with Gasteiger partial charge in [-0.3, -0.25) is 0 Å². The number of methoxy groups -OCH3 is 1. The second-order valence-corrected chi connectivity index (χ2v) is 6.68. The van der Waals surface area contributed by atoms with Crippen LogP contribution in [0.1, 0.15) is 10.4 Å². The molecule has 0 bridgehead atoms. The summed E-state index contributed by atoms with van der Waals surface area (Å²) >= 11 is 11.6. The van der Waals surface area contributed by atoms with Crippen molar-refractivity contribution in [3.05, 3.63) is 27.7 Å². The van der Waals surface area contributed by atoms with E-state index in [2.05, 4.69) is 0 Å². The summed E-state index contributed by atoms with van der Waals surface area (Å²) in [5.41, 5.74) is -0.176. The summed E-state index contributed by atoms with van der Waals surface area (Å²) in [5.74, 6) is -0.814. The van der Waals surface area contributed by atoms with Crippen LogP contribution < -0.4 is 0 Å². The lowest BCUT2D eigenvalue weighted by molar-refractivity contribution is 0.0388. The fraction of sp³-hybridized carbons (Fsp3) is 0.300. The van der Waals surface area contributed by atoms with Crippen molar-refractivity contribution >= 4 is 48.9 Å². The van der Waals surface area contributed by atoms with Crippen molar-refractivity contribution in [3.8, 4) is 0 Å². The predicted octanol–water partition coefficient (Wildman–Crippen LogP) is 2.72. The predicted molar refractivity (Wildman–Crippen MR) is 71.7 cm³/mol. The average molecular weight is 348 g/mol. The minimum Gasteiger partial charge on any atom is -0.460 e. The Morgan fingerprint density at radius 2 is 1.89 bits per heavy atom. The van der Waals surface area contributed by atoms with Crippen LogP contribution >= 0.6 is 33.9 Å². The van der Waals surface area contributed by atoms with E-state index in [4.69, 9.17) is 43.4 Å². The van der Waals surface area contributed by atoms with E-state index in [1.807, 2.05) is 0 Å². The fourth-order valence-corrected chi connectivity index (χ4v) is 2.40. The summed E-state index contributed by atoms with van der Waals surface area (Å²) in [5, 5.41) is -0.213. The molecule has 1 rings (SSSR count). The molecule has 0 heterocycles. The molecule has 19 heavy (non-hydrogen) atoms. The molecule has 5 nitrogen and oxygen atoms in total. The number of halogens is 3. The van der Waals surface area contributed by atoms with E-state index >= 15 is 0 Å². The van der Waals surface area contributed by atoms with Crippen molar-refractivity contribution in [2.45, 2.75) is 4.90 Å². The van der Waals surface area contributed by atoms with Crippen LogP contribution in [0.2, 0.25) is 10.0 Å². The smallest absolute Gasteiger partial charge is 0.339 e. The third kappa shape index (κ3) is 4.50. The first kappa shape index (κ1) is 16.5. The highest BCUT2D eigenvalue weighted by Crippen LogP contribution is 2.31. The Kier molecular flexibility index (Phi) is 5.88. The normalized spacial score (nSPS) is 11.4.